The Balaban J connectivity index is 1.73. The second kappa shape index (κ2) is 55.3. The summed E-state index contributed by atoms with van der Waals surface area (Å²) in [6.07, 6.45) is 2.58. The number of esters is 2. The lowest BCUT2D eigenvalue weighted by Gasteiger charge is -2.27. The molecular weight excluding hydrogens is 1450 g/mol. The zero-order valence-corrected chi connectivity index (χ0v) is 64.2. The van der Waals surface area contributed by atoms with Gasteiger partial charge in [0.2, 0.25) is 59.1 Å². The number of nitrogens with one attached hydrogen (secondary N) is 12. The number of aliphatic hydroxyl groups is 2. The molecule has 618 valence electrons. The Morgan fingerprint density at radius 3 is 1.30 bits per heavy atom. The molecule has 0 saturated carbocycles. The monoisotopic (exact) mass is 1570 g/mol. The van der Waals surface area contributed by atoms with Crippen molar-refractivity contribution in [2.75, 3.05) is 104 Å². The van der Waals surface area contributed by atoms with E-state index in [9.17, 15) is 77.3 Å². The van der Waals surface area contributed by atoms with Crippen LogP contribution in [0.2, 0.25) is 0 Å². The first-order chi connectivity index (χ1) is 53.1. The van der Waals surface area contributed by atoms with E-state index < -0.39 is 131 Å². The number of urea groups is 2. The van der Waals surface area contributed by atoms with Crippen LogP contribution in [0.25, 0.3) is 0 Å². The molecule has 0 heterocycles. The lowest BCUT2D eigenvalue weighted by atomic mass is 10.0. The van der Waals surface area contributed by atoms with Gasteiger partial charge in [-0.1, -0.05) is 64.3 Å². The summed E-state index contributed by atoms with van der Waals surface area (Å²) in [4.78, 5) is 184. The summed E-state index contributed by atoms with van der Waals surface area (Å²) in [6.45, 7) is 5.37. The molecule has 0 aromatic heterocycles. The van der Waals surface area contributed by atoms with Gasteiger partial charge in [-0.3, -0.25) is 57.5 Å². The maximum atomic E-state index is 14.1. The molecule has 0 saturated heterocycles. The lowest BCUT2D eigenvalue weighted by molar-refractivity contribution is -0.142. The minimum Gasteiger partial charge on any atom is -0.469 e. The van der Waals surface area contributed by atoms with Gasteiger partial charge >= 0.3 is 24.0 Å². The fourth-order valence-corrected chi connectivity index (χ4v) is 10.6. The third-order valence-electron chi connectivity index (χ3n) is 16.8. The van der Waals surface area contributed by atoms with Gasteiger partial charge < -0.3 is 119 Å². The summed E-state index contributed by atoms with van der Waals surface area (Å²) in [6, 6.07) is 2.17. The third-order valence-corrected chi connectivity index (χ3v) is 16.8. The maximum absolute atomic E-state index is 14.1. The highest BCUT2D eigenvalue weighted by Crippen LogP contribution is 2.17. The van der Waals surface area contributed by atoms with Crippen molar-refractivity contribution in [3.05, 3.63) is 59.7 Å². The molecule has 3 rings (SSSR count). The molecule has 0 fully saturated rings. The van der Waals surface area contributed by atoms with Gasteiger partial charge in [0.15, 0.2) is 0 Å². The second-order valence-electron chi connectivity index (χ2n) is 26.6. The molecule has 0 bridgehead atoms. The highest BCUT2D eigenvalue weighted by molar-refractivity contribution is 6.00. The smallest absolute Gasteiger partial charge is 0.312 e. The maximum Gasteiger partial charge on any atom is 0.312 e. The Labute approximate surface area is 646 Å². The van der Waals surface area contributed by atoms with E-state index >= 15 is 0 Å². The van der Waals surface area contributed by atoms with Crippen molar-refractivity contribution in [3.8, 4) is 11.8 Å². The molecule has 111 heavy (non-hydrogen) atoms. The predicted octanol–water partition coefficient (Wildman–Crippen LogP) is -0.537. The molecule has 2 aromatic carbocycles. The van der Waals surface area contributed by atoms with Crippen molar-refractivity contribution in [1.82, 2.24) is 53.2 Å². The number of carbonyl (C=O) groups excluding carboxylic acids is 14. The first-order valence-corrected chi connectivity index (χ1v) is 37.1. The summed E-state index contributed by atoms with van der Waals surface area (Å²) in [5, 5.41) is 50.5. The SMILES string of the molecule is COC(=O)CC[C@H](NC(=O)CCOCC(COCCC(=O)N[C@@H](CCC(=O)OC)C(=O)N[C@H](C(=O)N[C@@H](CCCNC(N)=O)C(=O)Nc1ccc(CO)cc1)C(C)C)NC(=O)CCOCCOCCNC(=O)COC1C#CCCCCC1)C(=O)N[C@H](C(=O)N[C@@H](CCCNC(N)=O)C(=O)Nc1ccc(CO)cc1)C(C)C. The predicted molar refractivity (Wildman–Crippen MR) is 402 cm³/mol. The molecule has 2 aromatic rings. The number of ether oxygens (including phenoxy) is 7. The highest BCUT2D eigenvalue weighted by atomic mass is 16.5. The number of anilines is 2. The van der Waals surface area contributed by atoms with Gasteiger partial charge in [-0.15, -0.1) is 5.92 Å². The number of rotatable bonds is 55. The summed E-state index contributed by atoms with van der Waals surface area (Å²) < 4.78 is 38.1. The molecule has 7 atom stereocenters. The van der Waals surface area contributed by atoms with Gasteiger partial charge in [0.1, 0.15) is 49.0 Å². The number of benzene rings is 2. The first kappa shape index (κ1) is 95.1. The Bertz CT molecular complexity index is 3160. The van der Waals surface area contributed by atoms with Gasteiger partial charge in [-0.2, -0.15) is 0 Å². The van der Waals surface area contributed by atoms with Crippen LogP contribution in [-0.4, -0.2) is 235 Å². The van der Waals surface area contributed by atoms with Crippen molar-refractivity contribution in [1.29, 1.82) is 0 Å². The van der Waals surface area contributed by atoms with Crippen LogP contribution < -0.4 is 75.3 Å². The highest BCUT2D eigenvalue weighted by Gasteiger charge is 2.34. The molecule has 37 heteroatoms. The van der Waals surface area contributed by atoms with Crippen LogP contribution in [0.1, 0.15) is 142 Å². The quantitative estimate of drug-likeness (QED) is 0.0225. The van der Waals surface area contributed by atoms with E-state index in [-0.39, 0.29) is 175 Å². The topological polar surface area (TPSA) is 540 Å². The number of hydrogen-bond donors (Lipinski definition) is 16. The molecule has 18 N–H and O–H groups in total. The van der Waals surface area contributed by atoms with Gasteiger partial charge in [0.05, 0.1) is 86.3 Å². The molecule has 1 unspecified atom stereocenters. The Morgan fingerprint density at radius 1 is 0.450 bits per heavy atom. The van der Waals surface area contributed by atoms with E-state index in [1.54, 1.807) is 76.2 Å². The standard InChI is InChI=1S/C74H114N14O23/c1-47(2)65(71(101)85-55(16-12-33-78-73(75)103)67(97)81-51-22-18-49(42-89)19-23-51)87-69(99)57(26-28-63(95)105-5)83-60(92)31-37-109-44-53(80-59(91)30-36-107-40-41-108-39-35-77-62(94)46-111-54-14-10-8-7-9-11-15-54)45-110-38-32-61(93)84-58(27-29-64(96)106-6)70(100)88-66(48(3)4)72(102)86-56(17-13-34-79-74(76)104)68(98)82-52-24-20-50(43-90)21-25-52/h18-25,47-48,53-58,65-66,89-90H,7-10,12-14,16-17,26-46H2,1-6H3,(H,77,94)(H,80,91)(H,81,97)(H,82,98)(H,83,92)(H,84,93)(H,85,101)(H,86,102)(H,87,99)(H,88,100)(H3,75,78,103)(H3,76,79,104)/t54?,55-,56-,57-,58-,65-,66-/m0/s1. The number of primary amides is 2. The summed E-state index contributed by atoms with van der Waals surface area (Å²) >= 11 is 0. The molecule has 1 aliphatic rings. The van der Waals surface area contributed by atoms with Crippen molar-refractivity contribution in [2.24, 2.45) is 23.3 Å². The van der Waals surface area contributed by atoms with Crippen molar-refractivity contribution in [2.45, 2.75) is 192 Å². The average Bonchev–Trinajstić information content (AvgIpc) is 0.860. The van der Waals surface area contributed by atoms with E-state index in [0.29, 0.717) is 22.5 Å². The zero-order chi connectivity index (χ0) is 81.9. The summed E-state index contributed by atoms with van der Waals surface area (Å²) in [5.74, 6) is -3.42. The van der Waals surface area contributed by atoms with Gasteiger partial charge in [0, 0.05) is 69.5 Å². The number of amides is 14. The molecule has 37 nitrogen and oxygen atoms in total. The Morgan fingerprint density at radius 2 is 0.874 bits per heavy atom. The largest absolute Gasteiger partial charge is 0.469 e. The van der Waals surface area contributed by atoms with E-state index in [1.165, 1.54) is 0 Å². The van der Waals surface area contributed by atoms with Crippen LogP contribution in [-0.2, 0) is 104 Å². The van der Waals surface area contributed by atoms with Crippen LogP contribution >= 0.6 is 0 Å². The number of nitrogens with two attached hydrogens (primary N) is 2. The Kier molecular flexibility index (Phi) is 47.4. The van der Waals surface area contributed by atoms with E-state index in [2.05, 4.69) is 75.6 Å². The Hall–Kier alpha value is -10.1. The van der Waals surface area contributed by atoms with Gasteiger partial charge in [-0.05, 0) is 105 Å². The molecule has 0 spiro atoms. The molecular formula is C74H114N14O23. The normalized spacial score (nSPS) is 14.1. The number of carbonyl (C=O) groups is 14. The van der Waals surface area contributed by atoms with Crippen LogP contribution in [0.3, 0.4) is 0 Å². The summed E-state index contributed by atoms with van der Waals surface area (Å²) in [7, 11) is 2.26. The number of methoxy groups -OCH3 is 2. The van der Waals surface area contributed by atoms with E-state index in [1.807, 2.05) is 0 Å². The fraction of sp³-hybridized carbons (Fsp3) is 0.622. The van der Waals surface area contributed by atoms with E-state index in [4.69, 9.17) is 44.6 Å². The molecule has 0 radical (unpaired) electrons. The van der Waals surface area contributed by atoms with Crippen LogP contribution in [0.15, 0.2) is 48.5 Å². The van der Waals surface area contributed by atoms with Gasteiger partial charge in [-0.25, -0.2) is 9.59 Å². The number of aliphatic hydroxyl groups excluding tert-OH is 2. The number of hydrogen-bond acceptors (Lipinski definition) is 23. The average molecular weight is 1570 g/mol. The van der Waals surface area contributed by atoms with Crippen molar-refractivity contribution in [3.63, 3.8) is 0 Å². The second-order valence-corrected chi connectivity index (χ2v) is 26.6. The van der Waals surface area contributed by atoms with Crippen molar-refractivity contribution < 1.29 is 110 Å². The van der Waals surface area contributed by atoms with Gasteiger partial charge in [0.25, 0.3) is 0 Å². The van der Waals surface area contributed by atoms with Crippen LogP contribution in [0.5, 0.6) is 0 Å². The van der Waals surface area contributed by atoms with E-state index in [0.717, 1.165) is 46.3 Å². The minimum absolute atomic E-state index is 0.0114. The van der Waals surface area contributed by atoms with Crippen LogP contribution in [0.4, 0.5) is 21.0 Å². The minimum atomic E-state index is -1.42. The fourth-order valence-electron chi connectivity index (χ4n) is 10.6. The third kappa shape index (κ3) is 42.0. The molecule has 1 aliphatic carbocycles. The molecule has 14 amide bonds. The van der Waals surface area contributed by atoms with Crippen molar-refractivity contribution >= 4 is 94.4 Å². The summed E-state index contributed by atoms with van der Waals surface area (Å²) in [5.41, 5.74) is 12.3. The lowest BCUT2D eigenvalue weighted by Crippen LogP contribution is -2.58. The first-order valence-electron chi connectivity index (χ1n) is 37.1. The molecule has 0 aliphatic heterocycles. The van der Waals surface area contributed by atoms with Crippen LogP contribution in [0, 0.1) is 23.7 Å². The zero-order valence-electron chi connectivity index (χ0n) is 64.2.